The summed E-state index contributed by atoms with van der Waals surface area (Å²) in [6.45, 7) is 2.06. The second-order valence-electron chi connectivity index (χ2n) is 5.10. The van der Waals surface area contributed by atoms with Gasteiger partial charge in [-0.25, -0.2) is 0 Å². The van der Waals surface area contributed by atoms with Gasteiger partial charge in [-0.05, 0) is 30.5 Å². The molecule has 2 nitrogen and oxygen atoms in total. The number of nitrogens with one attached hydrogen (secondary N) is 1. The minimum Gasteiger partial charge on any atom is -0.396 e. The van der Waals surface area contributed by atoms with Gasteiger partial charge in [-0.3, -0.25) is 0 Å². The summed E-state index contributed by atoms with van der Waals surface area (Å²) >= 11 is 5.84. The Balaban J connectivity index is 1.80. The van der Waals surface area contributed by atoms with Crippen LogP contribution in [0.1, 0.15) is 31.2 Å². The lowest BCUT2D eigenvalue weighted by Crippen LogP contribution is -2.34. The van der Waals surface area contributed by atoms with Crippen molar-refractivity contribution >= 4 is 11.6 Å². The van der Waals surface area contributed by atoms with Crippen LogP contribution in [0.5, 0.6) is 0 Å². The van der Waals surface area contributed by atoms with E-state index in [2.05, 4.69) is 5.32 Å². The lowest BCUT2D eigenvalue weighted by Gasteiger charge is -2.26. The van der Waals surface area contributed by atoms with Crippen LogP contribution in [-0.2, 0) is 6.54 Å². The van der Waals surface area contributed by atoms with Gasteiger partial charge in [-0.2, -0.15) is 0 Å². The molecule has 1 aliphatic carbocycles. The zero-order valence-electron chi connectivity index (χ0n) is 10.1. The smallest absolute Gasteiger partial charge is 0.0499 e. The molecule has 0 radical (unpaired) electrons. The van der Waals surface area contributed by atoms with Gasteiger partial charge in [0.15, 0.2) is 0 Å². The molecule has 17 heavy (non-hydrogen) atoms. The fraction of sp³-hybridized carbons (Fsp3) is 0.571. The summed E-state index contributed by atoms with van der Waals surface area (Å²) in [6, 6.07) is 7.90. The van der Waals surface area contributed by atoms with Crippen molar-refractivity contribution in [3.63, 3.8) is 0 Å². The Hall–Kier alpha value is -0.570. The van der Waals surface area contributed by atoms with Gasteiger partial charge in [-0.1, -0.05) is 36.6 Å². The molecule has 0 saturated heterocycles. The van der Waals surface area contributed by atoms with Crippen molar-refractivity contribution < 1.29 is 5.11 Å². The van der Waals surface area contributed by atoms with Crippen LogP contribution in [0.4, 0.5) is 0 Å². The molecular weight excluding hydrogens is 234 g/mol. The first-order valence-corrected chi connectivity index (χ1v) is 6.68. The summed E-state index contributed by atoms with van der Waals surface area (Å²) in [6.07, 6.45) is 4.81. The molecule has 94 valence electrons. The van der Waals surface area contributed by atoms with E-state index in [1.165, 1.54) is 18.4 Å². The summed E-state index contributed by atoms with van der Waals surface area (Å²) in [5, 5.41) is 13.7. The number of rotatable bonds is 5. The molecule has 2 N–H and O–H groups in total. The molecule has 0 aliphatic heterocycles. The highest BCUT2D eigenvalue weighted by Crippen LogP contribution is 2.36. The molecular formula is C14H20ClNO. The van der Waals surface area contributed by atoms with Gasteiger partial charge in [0.2, 0.25) is 0 Å². The van der Waals surface area contributed by atoms with Crippen molar-refractivity contribution in [3.05, 3.63) is 34.9 Å². The Morgan fingerprint density at radius 2 is 1.82 bits per heavy atom. The van der Waals surface area contributed by atoms with Crippen molar-refractivity contribution in [1.82, 2.24) is 5.32 Å². The second-order valence-corrected chi connectivity index (χ2v) is 5.53. The van der Waals surface area contributed by atoms with Crippen molar-refractivity contribution in [3.8, 4) is 0 Å². The number of hydrogen-bond acceptors (Lipinski definition) is 2. The molecule has 2 rings (SSSR count). The van der Waals surface area contributed by atoms with E-state index in [0.29, 0.717) is 6.61 Å². The van der Waals surface area contributed by atoms with Crippen LogP contribution in [0.3, 0.4) is 0 Å². The van der Waals surface area contributed by atoms with Crippen LogP contribution in [0.2, 0.25) is 5.02 Å². The van der Waals surface area contributed by atoms with Crippen LogP contribution < -0.4 is 5.32 Å². The molecule has 0 atom stereocenters. The fourth-order valence-electron chi connectivity index (χ4n) is 2.59. The van der Waals surface area contributed by atoms with Crippen molar-refractivity contribution in [2.75, 3.05) is 13.2 Å². The standard InChI is InChI=1S/C14H20ClNO/c15-13-5-3-12(4-6-13)9-16-10-14(11-17)7-1-2-8-14/h3-6,16-17H,1-2,7-11H2. The van der Waals surface area contributed by atoms with E-state index >= 15 is 0 Å². The third-order valence-corrected chi connectivity index (χ3v) is 3.99. The zero-order valence-corrected chi connectivity index (χ0v) is 10.8. The number of benzene rings is 1. The third-order valence-electron chi connectivity index (χ3n) is 3.74. The molecule has 0 aromatic heterocycles. The molecule has 0 unspecified atom stereocenters. The monoisotopic (exact) mass is 253 g/mol. The Bertz CT molecular complexity index is 344. The van der Waals surface area contributed by atoms with E-state index in [9.17, 15) is 5.11 Å². The summed E-state index contributed by atoms with van der Waals surface area (Å²) in [5.41, 5.74) is 1.37. The van der Waals surface area contributed by atoms with Gasteiger partial charge in [0.1, 0.15) is 0 Å². The lowest BCUT2D eigenvalue weighted by molar-refractivity contribution is 0.128. The van der Waals surface area contributed by atoms with Crippen LogP contribution >= 0.6 is 11.6 Å². The van der Waals surface area contributed by atoms with E-state index in [4.69, 9.17) is 11.6 Å². The molecule has 3 heteroatoms. The SMILES string of the molecule is OCC1(CNCc2ccc(Cl)cc2)CCCC1. The highest BCUT2D eigenvalue weighted by atomic mass is 35.5. The highest BCUT2D eigenvalue weighted by Gasteiger charge is 2.32. The van der Waals surface area contributed by atoms with E-state index in [1.54, 1.807) is 0 Å². The number of hydrogen-bond donors (Lipinski definition) is 2. The molecule has 1 aromatic rings. The molecule has 0 bridgehead atoms. The van der Waals surface area contributed by atoms with Gasteiger partial charge < -0.3 is 10.4 Å². The normalized spacial score (nSPS) is 18.5. The molecule has 1 saturated carbocycles. The number of aliphatic hydroxyl groups excluding tert-OH is 1. The largest absolute Gasteiger partial charge is 0.396 e. The minimum absolute atomic E-state index is 0.131. The molecule has 1 aliphatic rings. The zero-order chi connectivity index (χ0) is 12.1. The number of halogens is 1. The first-order valence-electron chi connectivity index (χ1n) is 6.30. The van der Waals surface area contributed by atoms with Gasteiger partial charge in [0.05, 0.1) is 0 Å². The maximum absolute atomic E-state index is 9.49. The average Bonchev–Trinajstić information content (AvgIpc) is 2.81. The van der Waals surface area contributed by atoms with E-state index in [1.807, 2.05) is 24.3 Å². The predicted octanol–water partition coefficient (Wildman–Crippen LogP) is 2.98. The van der Waals surface area contributed by atoms with Crippen molar-refractivity contribution in [2.24, 2.45) is 5.41 Å². The van der Waals surface area contributed by atoms with Crippen LogP contribution in [0.25, 0.3) is 0 Å². The van der Waals surface area contributed by atoms with Crippen LogP contribution in [-0.4, -0.2) is 18.3 Å². The topological polar surface area (TPSA) is 32.3 Å². The number of aliphatic hydroxyl groups is 1. The van der Waals surface area contributed by atoms with Crippen LogP contribution in [0.15, 0.2) is 24.3 Å². The summed E-state index contributed by atoms with van der Waals surface area (Å²) in [5.74, 6) is 0. The summed E-state index contributed by atoms with van der Waals surface area (Å²) in [4.78, 5) is 0. The Morgan fingerprint density at radius 1 is 1.18 bits per heavy atom. The minimum atomic E-state index is 0.131. The molecule has 0 spiro atoms. The van der Waals surface area contributed by atoms with Gasteiger partial charge >= 0.3 is 0 Å². The highest BCUT2D eigenvalue weighted by molar-refractivity contribution is 6.30. The predicted molar refractivity (Wildman–Crippen MR) is 71.1 cm³/mol. The molecule has 1 aromatic carbocycles. The third kappa shape index (κ3) is 3.44. The lowest BCUT2D eigenvalue weighted by atomic mass is 9.87. The quantitative estimate of drug-likeness (QED) is 0.846. The summed E-state index contributed by atoms with van der Waals surface area (Å²) < 4.78 is 0. The van der Waals surface area contributed by atoms with E-state index < -0.39 is 0 Å². The maximum Gasteiger partial charge on any atom is 0.0499 e. The molecule has 1 fully saturated rings. The summed E-state index contributed by atoms with van der Waals surface area (Å²) in [7, 11) is 0. The van der Waals surface area contributed by atoms with Crippen molar-refractivity contribution in [2.45, 2.75) is 32.2 Å². The molecule has 0 heterocycles. The molecule has 0 amide bonds. The Kier molecular flexibility index (Phi) is 4.43. The first kappa shape index (κ1) is 12.9. The first-order chi connectivity index (χ1) is 8.24. The Labute approximate surface area is 108 Å². The fourth-order valence-corrected chi connectivity index (χ4v) is 2.72. The van der Waals surface area contributed by atoms with Gasteiger partial charge in [-0.15, -0.1) is 0 Å². The van der Waals surface area contributed by atoms with E-state index in [-0.39, 0.29) is 5.41 Å². The van der Waals surface area contributed by atoms with Crippen LogP contribution in [0, 0.1) is 5.41 Å². The van der Waals surface area contributed by atoms with Gasteiger partial charge in [0, 0.05) is 30.1 Å². The second kappa shape index (κ2) is 5.85. The van der Waals surface area contributed by atoms with E-state index in [0.717, 1.165) is 31.0 Å². The maximum atomic E-state index is 9.49. The Morgan fingerprint density at radius 3 is 2.41 bits per heavy atom. The van der Waals surface area contributed by atoms with Crippen molar-refractivity contribution in [1.29, 1.82) is 0 Å². The van der Waals surface area contributed by atoms with Gasteiger partial charge in [0.25, 0.3) is 0 Å². The average molecular weight is 254 g/mol.